The number of nitro benzene ring substituents is 1. The van der Waals surface area contributed by atoms with E-state index >= 15 is 0 Å². The first-order chi connectivity index (χ1) is 8.85. The van der Waals surface area contributed by atoms with Crippen LogP contribution in [-0.4, -0.2) is 23.2 Å². The van der Waals surface area contributed by atoms with E-state index in [1.165, 1.54) is 0 Å². The zero-order chi connectivity index (χ0) is 14.5. The minimum Gasteiger partial charge on any atom is -0.396 e. The van der Waals surface area contributed by atoms with Crippen LogP contribution in [0.5, 0.6) is 0 Å². The molecule has 1 aromatic rings. The molecular weight excluding hydrogens is 312 g/mol. The molecule has 0 radical (unpaired) electrons. The predicted octanol–water partition coefficient (Wildman–Crippen LogP) is 2.86. The Kier molecular flexibility index (Phi) is 5.90. The second-order valence-corrected chi connectivity index (χ2v) is 6.14. The van der Waals surface area contributed by atoms with Crippen LogP contribution >= 0.6 is 15.9 Å². The zero-order valence-electron chi connectivity index (χ0n) is 11.1. The van der Waals surface area contributed by atoms with Crippen molar-refractivity contribution < 1.29 is 10.0 Å². The van der Waals surface area contributed by atoms with Crippen LogP contribution in [0.15, 0.2) is 22.7 Å². The van der Waals surface area contributed by atoms with Gasteiger partial charge in [-0.15, -0.1) is 0 Å². The molecule has 0 fully saturated rings. The van der Waals surface area contributed by atoms with Gasteiger partial charge in [-0.3, -0.25) is 10.1 Å². The fraction of sp³-hybridized carbons (Fsp3) is 0.538. The van der Waals surface area contributed by atoms with Crippen molar-refractivity contribution >= 4 is 21.6 Å². The largest absolute Gasteiger partial charge is 0.396 e. The number of aliphatic hydroxyl groups is 1. The lowest BCUT2D eigenvalue weighted by atomic mass is 9.90. The third kappa shape index (κ3) is 5.26. The Morgan fingerprint density at radius 2 is 2.16 bits per heavy atom. The highest BCUT2D eigenvalue weighted by molar-refractivity contribution is 9.10. The standard InChI is InChI=1S/C13H19BrN2O3/c1-13(2,5-6-17)9-15-8-10-3-4-11(14)12(7-10)16(18)19/h3-4,7,15,17H,5-6,8-9H2,1-2H3. The van der Waals surface area contributed by atoms with Gasteiger partial charge >= 0.3 is 0 Å². The molecule has 0 heterocycles. The van der Waals surface area contributed by atoms with E-state index in [0.717, 1.165) is 18.5 Å². The van der Waals surface area contributed by atoms with Gasteiger partial charge in [0.05, 0.1) is 9.40 Å². The van der Waals surface area contributed by atoms with Gasteiger partial charge in [0, 0.05) is 25.8 Å². The number of nitrogens with one attached hydrogen (secondary N) is 1. The first-order valence-electron chi connectivity index (χ1n) is 6.10. The van der Waals surface area contributed by atoms with Crippen molar-refractivity contribution in [2.75, 3.05) is 13.2 Å². The third-order valence-corrected chi connectivity index (χ3v) is 3.60. The summed E-state index contributed by atoms with van der Waals surface area (Å²) in [5.41, 5.74) is 0.958. The smallest absolute Gasteiger partial charge is 0.283 e. The van der Waals surface area contributed by atoms with E-state index in [9.17, 15) is 10.1 Å². The molecule has 0 bridgehead atoms. The van der Waals surface area contributed by atoms with Gasteiger partial charge in [-0.2, -0.15) is 0 Å². The number of nitro groups is 1. The van der Waals surface area contributed by atoms with Gasteiger partial charge in [-0.1, -0.05) is 19.9 Å². The van der Waals surface area contributed by atoms with Gasteiger partial charge in [-0.25, -0.2) is 0 Å². The highest BCUT2D eigenvalue weighted by Crippen LogP contribution is 2.25. The summed E-state index contributed by atoms with van der Waals surface area (Å²) in [6.45, 7) is 5.62. The van der Waals surface area contributed by atoms with E-state index in [-0.39, 0.29) is 17.7 Å². The first-order valence-corrected chi connectivity index (χ1v) is 6.89. The molecule has 0 amide bonds. The van der Waals surface area contributed by atoms with Crippen molar-refractivity contribution in [2.24, 2.45) is 5.41 Å². The normalized spacial score (nSPS) is 11.6. The van der Waals surface area contributed by atoms with Crippen LogP contribution in [0.4, 0.5) is 5.69 Å². The maximum Gasteiger partial charge on any atom is 0.283 e. The molecule has 0 aliphatic heterocycles. The van der Waals surface area contributed by atoms with E-state index in [2.05, 4.69) is 35.1 Å². The topological polar surface area (TPSA) is 75.4 Å². The molecular formula is C13H19BrN2O3. The summed E-state index contributed by atoms with van der Waals surface area (Å²) in [7, 11) is 0. The van der Waals surface area contributed by atoms with E-state index in [1.54, 1.807) is 12.1 Å². The quantitative estimate of drug-likeness (QED) is 0.595. The van der Waals surface area contributed by atoms with Gasteiger partial charge in [0.2, 0.25) is 0 Å². The predicted molar refractivity (Wildman–Crippen MR) is 78.0 cm³/mol. The van der Waals surface area contributed by atoms with Crippen molar-refractivity contribution in [3.63, 3.8) is 0 Å². The Hall–Kier alpha value is -0.980. The van der Waals surface area contributed by atoms with Gasteiger partial charge in [0.15, 0.2) is 0 Å². The molecule has 5 nitrogen and oxygen atoms in total. The lowest BCUT2D eigenvalue weighted by Gasteiger charge is -2.23. The molecule has 0 aliphatic rings. The molecule has 106 valence electrons. The monoisotopic (exact) mass is 330 g/mol. The van der Waals surface area contributed by atoms with Crippen molar-refractivity contribution in [1.82, 2.24) is 5.32 Å². The Balaban J connectivity index is 2.59. The van der Waals surface area contributed by atoms with E-state index in [1.807, 2.05) is 6.07 Å². The summed E-state index contributed by atoms with van der Waals surface area (Å²) in [4.78, 5) is 10.4. The molecule has 0 aliphatic carbocycles. The maximum absolute atomic E-state index is 10.8. The molecule has 19 heavy (non-hydrogen) atoms. The van der Waals surface area contributed by atoms with E-state index < -0.39 is 4.92 Å². The highest BCUT2D eigenvalue weighted by atomic mass is 79.9. The SMILES string of the molecule is CC(C)(CCO)CNCc1ccc(Br)c([N+](=O)[O-])c1. The van der Waals surface area contributed by atoms with Crippen molar-refractivity contribution in [1.29, 1.82) is 0 Å². The average Bonchev–Trinajstić information content (AvgIpc) is 2.30. The number of nitrogens with zero attached hydrogens (tertiary/aromatic N) is 1. The lowest BCUT2D eigenvalue weighted by Crippen LogP contribution is -2.29. The Morgan fingerprint density at radius 1 is 1.47 bits per heavy atom. The molecule has 0 spiro atoms. The molecule has 1 rings (SSSR count). The number of benzene rings is 1. The van der Waals surface area contributed by atoms with Gasteiger partial charge in [0.25, 0.3) is 5.69 Å². The van der Waals surface area contributed by atoms with Crippen LogP contribution in [-0.2, 0) is 6.54 Å². The van der Waals surface area contributed by atoms with Gasteiger partial charge < -0.3 is 10.4 Å². The molecule has 1 aromatic carbocycles. The summed E-state index contributed by atoms with van der Waals surface area (Å²) in [5.74, 6) is 0. The van der Waals surface area contributed by atoms with Gasteiger partial charge in [-0.05, 0) is 39.4 Å². The second kappa shape index (κ2) is 6.98. The van der Waals surface area contributed by atoms with E-state index in [4.69, 9.17) is 5.11 Å². The summed E-state index contributed by atoms with van der Waals surface area (Å²) >= 11 is 3.16. The fourth-order valence-electron chi connectivity index (χ4n) is 1.74. The molecule has 0 aromatic heterocycles. The molecule has 2 N–H and O–H groups in total. The van der Waals surface area contributed by atoms with Crippen LogP contribution < -0.4 is 5.32 Å². The molecule has 0 unspecified atom stereocenters. The minimum absolute atomic E-state index is 0.00997. The third-order valence-electron chi connectivity index (χ3n) is 2.93. The Morgan fingerprint density at radius 3 is 2.74 bits per heavy atom. The summed E-state index contributed by atoms with van der Waals surface area (Å²) in [5, 5.41) is 23.0. The summed E-state index contributed by atoms with van der Waals surface area (Å²) in [6, 6.07) is 5.10. The Labute approximate surface area is 121 Å². The average molecular weight is 331 g/mol. The van der Waals surface area contributed by atoms with Crippen LogP contribution in [0.2, 0.25) is 0 Å². The molecule has 0 saturated heterocycles. The maximum atomic E-state index is 10.8. The number of hydrogen-bond donors (Lipinski definition) is 2. The zero-order valence-corrected chi connectivity index (χ0v) is 12.7. The first kappa shape index (κ1) is 16.1. The highest BCUT2D eigenvalue weighted by Gasteiger charge is 2.17. The molecule has 6 heteroatoms. The number of rotatable bonds is 7. The fourth-order valence-corrected chi connectivity index (χ4v) is 2.14. The second-order valence-electron chi connectivity index (χ2n) is 5.28. The molecule has 0 saturated carbocycles. The lowest BCUT2D eigenvalue weighted by molar-refractivity contribution is -0.385. The molecule has 0 atom stereocenters. The van der Waals surface area contributed by atoms with Gasteiger partial charge in [0.1, 0.15) is 0 Å². The Bertz CT molecular complexity index is 450. The van der Waals surface area contributed by atoms with Crippen LogP contribution in [0.1, 0.15) is 25.8 Å². The van der Waals surface area contributed by atoms with Crippen LogP contribution in [0.3, 0.4) is 0 Å². The summed E-state index contributed by atoms with van der Waals surface area (Å²) < 4.78 is 0.488. The number of aliphatic hydroxyl groups excluding tert-OH is 1. The van der Waals surface area contributed by atoms with Crippen molar-refractivity contribution in [3.05, 3.63) is 38.3 Å². The van der Waals surface area contributed by atoms with Crippen molar-refractivity contribution in [2.45, 2.75) is 26.8 Å². The van der Waals surface area contributed by atoms with Crippen LogP contribution in [0, 0.1) is 15.5 Å². The minimum atomic E-state index is -0.400. The van der Waals surface area contributed by atoms with Crippen molar-refractivity contribution in [3.8, 4) is 0 Å². The van der Waals surface area contributed by atoms with Crippen LogP contribution in [0.25, 0.3) is 0 Å². The number of halogens is 1. The number of hydrogen-bond acceptors (Lipinski definition) is 4. The summed E-state index contributed by atoms with van der Waals surface area (Å²) in [6.07, 6.45) is 0.723. The van der Waals surface area contributed by atoms with E-state index in [0.29, 0.717) is 11.0 Å².